The molecule has 1 spiro atoms. The third-order valence-electron chi connectivity index (χ3n) is 8.33. The average Bonchev–Trinajstić information content (AvgIpc) is 3.29. The quantitative estimate of drug-likeness (QED) is 0.258. The number of rotatable bonds is 8. The van der Waals surface area contributed by atoms with Crippen molar-refractivity contribution < 1.29 is 28.7 Å². The second kappa shape index (κ2) is 9.45. The van der Waals surface area contributed by atoms with Crippen molar-refractivity contribution in [2.75, 3.05) is 26.7 Å². The Morgan fingerprint density at radius 3 is 2.59 bits per heavy atom. The summed E-state index contributed by atoms with van der Waals surface area (Å²) in [5.41, 5.74) is 3.14. The van der Waals surface area contributed by atoms with Gasteiger partial charge in [0.05, 0.1) is 29.8 Å². The number of unbranched alkanes of at least 4 members (excludes halogenated alkanes) is 3. The minimum absolute atomic E-state index is 0.0898. The van der Waals surface area contributed by atoms with Crippen LogP contribution in [0.15, 0.2) is 48.6 Å². The molecule has 37 heavy (non-hydrogen) atoms. The van der Waals surface area contributed by atoms with Crippen LogP contribution in [0.3, 0.4) is 0 Å². The monoisotopic (exact) mass is 501 g/mol. The molecule has 0 bridgehead atoms. The van der Waals surface area contributed by atoms with Gasteiger partial charge in [-0.05, 0) is 37.1 Å². The van der Waals surface area contributed by atoms with Crippen LogP contribution < -0.4 is 9.47 Å². The van der Waals surface area contributed by atoms with E-state index in [-0.39, 0.29) is 23.3 Å². The fourth-order valence-corrected chi connectivity index (χ4v) is 6.40. The number of aliphatic hydroxyl groups is 1. The van der Waals surface area contributed by atoms with Crippen LogP contribution >= 0.6 is 0 Å². The van der Waals surface area contributed by atoms with Crippen LogP contribution in [0.4, 0.5) is 0 Å². The lowest BCUT2D eigenvalue weighted by Crippen LogP contribution is -2.42. The maximum atomic E-state index is 12.5. The van der Waals surface area contributed by atoms with Gasteiger partial charge >= 0.3 is 0 Å². The van der Waals surface area contributed by atoms with Crippen molar-refractivity contribution in [1.82, 2.24) is 4.90 Å². The van der Waals surface area contributed by atoms with Crippen LogP contribution in [-0.4, -0.2) is 71.6 Å². The van der Waals surface area contributed by atoms with E-state index in [0.717, 1.165) is 62.3 Å². The summed E-state index contributed by atoms with van der Waals surface area (Å²) in [4.78, 5) is 26.5. The molecule has 4 aliphatic rings. The van der Waals surface area contributed by atoms with E-state index in [9.17, 15) is 14.7 Å². The van der Waals surface area contributed by atoms with Crippen LogP contribution in [0.2, 0.25) is 0 Å². The number of aliphatic hydroxyl groups excluding tert-OH is 1. The maximum Gasteiger partial charge on any atom is 0.261 e. The predicted octanol–water partition coefficient (Wildman–Crippen LogP) is 3.71. The highest BCUT2D eigenvalue weighted by atomic mass is 16.5. The fraction of sp³-hybridized carbons (Fsp3) is 0.433. The Bertz CT molecular complexity index is 1280. The van der Waals surface area contributed by atoms with E-state index in [1.165, 1.54) is 10.5 Å². The van der Waals surface area contributed by atoms with Gasteiger partial charge in [0.25, 0.3) is 11.8 Å². The Morgan fingerprint density at radius 1 is 1.08 bits per heavy atom. The van der Waals surface area contributed by atoms with Crippen LogP contribution in [0.1, 0.15) is 70.4 Å². The molecule has 3 aliphatic heterocycles. The van der Waals surface area contributed by atoms with Gasteiger partial charge in [-0.3, -0.25) is 14.5 Å². The summed E-state index contributed by atoms with van der Waals surface area (Å²) in [5.74, 6) is 1.22. The molecule has 0 unspecified atom stereocenters. The van der Waals surface area contributed by atoms with Gasteiger partial charge in [-0.25, -0.2) is 4.58 Å². The van der Waals surface area contributed by atoms with Gasteiger partial charge in [-0.1, -0.05) is 30.7 Å². The van der Waals surface area contributed by atoms with Crippen molar-refractivity contribution in [3.8, 4) is 11.5 Å². The number of imide groups is 1. The van der Waals surface area contributed by atoms with Crippen molar-refractivity contribution in [2.45, 2.75) is 56.1 Å². The van der Waals surface area contributed by atoms with Crippen molar-refractivity contribution in [2.24, 2.45) is 0 Å². The van der Waals surface area contributed by atoms with Gasteiger partial charge in [0.15, 0.2) is 17.7 Å². The molecule has 0 fully saturated rings. The largest absolute Gasteiger partial charge is 0.493 e. The number of hydrogen-bond donors (Lipinski definition) is 1. The lowest BCUT2D eigenvalue weighted by molar-refractivity contribution is -0.524. The zero-order valence-electron chi connectivity index (χ0n) is 21.2. The van der Waals surface area contributed by atoms with Crippen molar-refractivity contribution in [3.63, 3.8) is 0 Å². The number of nitrogens with zero attached hydrogens (tertiary/aromatic N) is 2. The molecular weight excluding hydrogens is 468 g/mol. The van der Waals surface area contributed by atoms with Crippen LogP contribution in [0.5, 0.6) is 11.5 Å². The molecule has 2 aromatic carbocycles. The molecule has 2 amide bonds. The van der Waals surface area contributed by atoms with Crippen molar-refractivity contribution in [1.29, 1.82) is 0 Å². The van der Waals surface area contributed by atoms with Gasteiger partial charge in [0.2, 0.25) is 0 Å². The van der Waals surface area contributed by atoms with E-state index in [1.807, 2.05) is 12.1 Å². The van der Waals surface area contributed by atoms with Gasteiger partial charge in [-0.15, -0.1) is 0 Å². The standard InChI is InChI=1S/C30H33N2O5/c1-36-24-11-10-20-19-31(17-14-30-13-12-21(33)18-25(30)37-27(24)26(20)30)15-6-2-3-7-16-32-28(34)22-8-4-5-9-23(22)29(32)35/h4-5,8-13,19,21,25,33H,2-3,6-7,14-18H2,1H3/q+1/t21-,25-,30-/m0/s1. The Labute approximate surface area is 217 Å². The number of carbonyl (C=O) groups is 2. The summed E-state index contributed by atoms with van der Waals surface area (Å²) in [6.45, 7) is 2.33. The summed E-state index contributed by atoms with van der Waals surface area (Å²) in [5, 5.41) is 10.3. The highest BCUT2D eigenvalue weighted by Crippen LogP contribution is 2.54. The topological polar surface area (TPSA) is 79.1 Å². The first-order valence-corrected chi connectivity index (χ1v) is 13.3. The fourth-order valence-electron chi connectivity index (χ4n) is 6.40. The molecule has 0 aromatic heterocycles. The lowest BCUT2D eigenvalue weighted by atomic mass is 9.69. The van der Waals surface area contributed by atoms with Gasteiger partial charge in [0, 0.05) is 36.9 Å². The molecule has 0 saturated carbocycles. The first kappa shape index (κ1) is 23.9. The van der Waals surface area contributed by atoms with Crippen LogP contribution in [0, 0.1) is 0 Å². The molecule has 1 N–H and O–H groups in total. The van der Waals surface area contributed by atoms with E-state index >= 15 is 0 Å². The molecule has 0 radical (unpaired) electrons. The number of carbonyl (C=O) groups excluding carboxylic acids is 2. The minimum atomic E-state index is -0.483. The first-order chi connectivity index (χ1) is 18.0. The van der Waals surface area contributed by atoms with Gasteiger partial charge in [-0.2, -0.15) is 0 Å². The summed E-state index contributed by atoms with van der Waals surface area (Å²) < 4.78 is 14.4. The van der Waals surface area contributed by atoms with E-state index in [2.05, 4.69) is 22.9 Å². The molecular formula is C30H33N2O5+. The maximum absolute atomic E-state index is 12.5. The molecule has 6 rings (SSSR count). The van der Waals surface area contributed by atoms with Crippen LogP contribution in [0.25, 0.3) is 0 Å². The number of benzene rings is 2. The molecule has 0 saturated heterocycles. The number of fused-ring (bicyclic) bond motifs is 1. The molecule has 2 aromatic rings. The van der Waals surface area contributed by atoms with E-state index in [0.29, 0.717) is 24.1 Å². The minimum Gasteiger partial charge on any atom is -0.493 e. The Balaban J connectivity index is 1.07. The molecule has 3 heterocycles. The Hall–Kier alpha value is -3.45. The molecule has 192 valence electrons. The van der Waals surface area contributed by atoms with Crippen molar-refractivity contribution in [3.05, 3.63) is 70.8 Å². The van der Waals surface area contributed by atoms with Gasteiger partial charge in [0.1, 0.15) is 19.2 Å². The normalized spacial score (nSPS) is 25.2. The molecule has 1 aliphatic carbocycles. The van der Waals surface area contributed by atoms with E-state index in [4.69, 9.17) is 9.47 Å². The highest BCUT2D eigenvalue weighted by molar-refractivity contribution is 6.21. The third kappa shape index (κ3) is 3.96. The summed E-state index contributed by atoms with van der Waals surface area (Å²) in [6, 6.07) is 11.1. The second-order valence-electron chi connectivity index (χ2n) is 10.5. The Kier molecular flexibility index (Phi) is 6.11. The Morgan fingerprint density at radius 2 is 1.84 bits per heavy atom. The van der Waals surface area contributed by atoms with Crippen LogP contribution in [-0.2, 0) is 5.41 Å². The zero-order chi connectivity index (χ0) is 25.6. The molecule has 7 heteroatoms. The molecule has 3 atom stereocenters. The number of hydrogen-bond acceptors (Lipinski definition) is 5. The number of amides is 2. The average molecular weight is 502 g/mol. The lowest BCUT2D eigenvalue weighted by Gasteiger charge is -2.34. The number of ether oxygens (including phenoxy) is 2. The summed E-state index contributed by atoms with van der Waals surface area (Å²) in [6.07, 6.45) is 11.1. The van der Waals surface area contributed by atoms with Crippen molar-refractivity contribution >= 4 is 18.0 Å². The predicted molar refractivity (Wildman–Crippen MR) is 139 cm³/mol. The molecule has 7 nitrogen and oxygen atoms in total. The first-order valence-electron chi connectivity index (χ1n) is 13.3. The number of methoxy groups -OCH3 is 1. The summed E-state index contributed by atoms with van der Waals surface area (Å²) in [7, 11) is 1.67. The summed E-state index contributed by atoms with van der Waals surface area (Å²) >= 11 is 0. The third-order valence-corrected chi connectivity index (χ3v) is 8.33. The SMILES string of the molecule is COc1ccc2c3c1O[C@H]1C[C@@H](O)C=C[C@@]31CC[N+](CCCCCCN1C(=O)c3ccccc3C1=O)=C2. The zero-order valence-corrected chi connectivity index (χ0v) is 21.2. The van der Waals surface area contributed by atoms with Gasteiger partial charge < -0.3 is 14.6 Å². The van der Waals surface area contributed by atoms with E-state index < -0.39 is 6.10 Å². The highest BCUT2D eigenvalue weighted by Gasteiger charge is 2.53. The second-order valence-corrected chi connectivity index (χ2v) is 10.5. The van der Waals surface area contributed by atoms with E-state index in [1.54, 1.807) is 31.4 Å². The smallest absolute Gasteiger partial charge is 0.261 e.